The number of thiophene rings is 1. The van der Waals surface area contributed by atoms with E-state index in [2.05, 4.69) is 6.07 Å². The minimum atomic E-state index is -0.628. The first-order valence-electron chi connectivity index (χ1n) is 9.72. The van der Waals surface area contributed by atoms with Crippen LogP contribution in [0.1, 0.15) is 26.7 Å². The van der Waals surface area contributed by atoms with Crippen LogP contribution in [-0.2, 0) is 0 Å². The van der Waals surface area contributed by atoms with E-state index in [9.17, 15) is 14.4 Å². The van der Waals surface area contributed by atoms with Crippen molar-refractivity contribution < 1.29 is 18.7 Å². The zero-order valence-electron chi connectivity index (χ0n) is 16.5. The van der Waals surface area contributed by atoms with Crippen LogP contribution in [0.4, 0.5) is 4.39 Å². The van der Waals surface area contributed by atoms with Gasteiger partial charge in [-0.25, -0.2) is 9.18 Å². The topological polar surface area (TPSA) is 85.3 Å². The maximum atomic E-state index is 13.2. The van der Waals surface area contributed by atoms with Crippen LogP contribution in [0.3, 0.4) is 0 Å². The van der Waals surface area contributed by atoms with E-state index in [-0.39, 0.29) is 22.8 Å². The Morgan fingerprint density at radius 1 is 1.06 bits per heavy atom. The highest BCUT2D eigenvalue weighted by atomic mass is 32.1. The number of para-hydroxylation sites is 1. The van der Waals surface area contributed by atoms with Crippen molar-refractivity contribution in [3.8, 4) is 17.6 Å². The zero-order valence-corrected chi connectivity index (χ0v) is 17.4. The molecular formula is C25H15FN2O3S. The predicted octanol–water partition coefficient (Wildman–Crippen LogP) is 5.48. The van der Waals surface area contributed by atoms with Crippen molar-refractivity contribution in [1.29, 1.82) is 5.26 Å². The smallest absolute Gasteiger partial charge is 0.343 e. The zero-order chi connectivity index (χ0) is 22.2. The molecule has 5 nitrogen and oxygen atoms in total. The molecule has 0 saturated carbocycles. The summed E-state index contributed by atoms with van der Waals surface area (Å²) in [6.07, 6.45) is 0. The molecule has 1 aromatic heterocycles. The fourth-order valence-electron chi connectivity index (χ4n) is 3.75. The minimum Gasteiger partial charge on any atom is -0.439 e. The van der Waals surface area contributed by atoms with Gasteiger partial charge in [-0.2, -0.15) is 5.26 Å². The van der Waals surface area contributed by atoms with Gasteiger partial charge in [0, 0.05) is 15.6 Å². The van der Waals surface area contributed by atoms with Crippen molar-refractivity contribution in [3.05, 3.63) is 106 Å². The lowest BCUT2D eigenvalue weighted by Crippen LogP contribution is -2.20. The average Bonchev–Trinajstić information content (AvgIpc) is 3.17. The van der Waals surface area contributed by atoms with Gasteiger partial charge in [-0.15, -0.1) is 11.3 Å². The van der Waals surface area contributed by atoms with Crippen molar-refractivity contribution >= 4 is 27.4 Å². The van der Waals surface area contributed by atoms with E-state index in [1.807, 2.05) is 24.3 Å². The van der Waals surface area contributed by atoms with Crippen LogP contribution in [0, 0.1) is 17.1 Å². The van der Waals surface area contributed by atoms with E-state index < -0.39 is 17.7 Å². The summed E-state index contributed by atoms with van der Waals surface area (Å²) in [6, 6.07) is 22.0. The lowest BCUT2D eigenvalue weighted by Gasteiger charge is -2.25. The van der Waals surface area contributed by atoms with Crippen LogP contribution in [0.15, 0.2) is 84.3 Å². The predicted molar refractivity (Wildman–Crippen MR) is 119 cm³/mol. The largest absolute Gasteiger partial charge is 0.439 e. The third kappa shape index (κ3) is 3.27. The van der Waals surface area contributed by atoms with Gasteiger partial charge in [0.2, 0.25) is 5.88 Å². The summed E-state index contributed by atoms with van der Waals surface area (Å²) in [5.41, 5.74) is 7.20. The van der Waals surface area contributed by atoms with Crippen LogP contribution in [0.2, 0.25) is 0 Å². The Labute approximate surface area is 186 Å². The fourth-order valence-corrected chi connectivity index (χ4v) is 5.01. The van der Waals surface area contributed by atoms with Crippen molar-refractivity contribution in [2.24, 2.45) is 5.73 Å². The van der Waals surface area contributed by atoms with Crippen molar-refractivity contribution in [2.75, 3.05) is 0 Å². The lowest BCUT2D eigenvalue weighted by molar-refractivity contribution is 0.0733. The molecule has 2 heterocycles. The van der Waals surface area contributed by atoms with Gasteiger partial charge < -0.3 is 15.2 Å². The fraction of sp³-hybridized carbons (Fsp3) is 0.0400. The Hall–Kier alpha value is -4.15. The molecule has 0 saturated heterocycles. The number of allylic oxidation sites excluding steroid dienone is 1. The number of ether oxygens (including phenoxy) is 2. The normalized spacial score (nSPS) is 15.1. The summed E-state index contributed by atoms with van der Waals surface area (Å²) >= 11 is 1.50. The number of hydrogen-bond acceptors (Lipinski definition) is 6. The van der Waals surface area contributed by atoms with Crippen LogP contribution in [0.5, 0.6) is 11.5 Å². The van der Waals surface area contributed by atoms with E-state index in [0.29, 0.717) is 11.3 Å². The monoisotopic (exact) mass is 442 g/mol. The first-order chi connectivity index (χ1) is 15.6. The van der Waals surface area contributed by atoms with Gasteiger partial charge in [0.25, 0.3) is 0 Å². The summed E-state index contributed by atoms with van der Waals surface area (Å²) < 4.78 is 25.7. The van der Waals surface area contributed by atoms with Crippen LogP contribution in [0.25, 0.3) is 10.1 Å². The van der Waals surface area contributed by atoms with E-state index in [0.717, 1.165) is 15.0 Å². The lowest BCUT2D eigenvalue weighted by atomic mass is 9.87. The highest BCUT2D eigenvalue weighted by molar-refractivity contribution is 7.19. The molecular weight excluding hydrogens is 427 g/mol. The highest BCUT2D eigenvalue weighted by Gasteiger charge is 2.35. The van der Waals surface area contributed by atoms with E-state index in [1.54, 1.807) is 24.3 Å². The molecule has 1 atom stereocenters. The molecule has 0 bridgehead atoms. The Morgan fingerprint density at radius 2 is 1.78 bits per heavy atom. The first-order valence-corrected chi connectivity index (χ1v) is 10.5. The molecule has 0 aliphatic carbocycles. The molecule has 0 amide bonds. The van der Waals surface area contributed by atoms with Crippen LogP contribution in [-0.4, -0.2) is 5.97 Å². The Balaban J connectivity index is 1.63. The molecule has 156 valence electrons. The average molecular weight is 442 g/mol. The van der Waals surface area contributed by atoms with E-state index in [4.69, 9.17) is 15.2 Å². The molecule has 0 spiro atoms. The summed E-state index contributed by atoms with van der Waals surface area (Å²) in [7, 11) is 0. The molecule has 0 fully saturated rings. The Morgan fingerprint density at radius 3 is 2.56 bits per heavy atom. The second-order valence-electron chi connectivity index (χ2n) is 7.15. The van der Waals surface area contributed by atoms with Gasteiger partial charge in [0.05, 0.1) is 16.4 Å². The Bertz CT molecular complexity index is 1430. The molecule has 32 heavy (non-hydrogen) atoms. The molecule has 1 aliphatic rings. The first kappa shape index (κ1) is 19.8. The third-order valence-electron chi connectivity index (χ3n) is 5.24. The molecule has 3 aromatic carbocycles. The SMILES string of the molecule is N#CC1=C(N)Oc2c(sc3ccccc23)[C@@H]1c1ccccc1OC(=O)c1ccc(F)cc1. The van der Waals surface area contributed by atoms with E-state index in [1.165, 1.54) is 35.6 Å². The quantitative estimate of drug-likeness (QED) is 0.336. The summed E-state index contributed by atoms with van der Waals surface area (Å²) in [6.45, 7) is 0. The molecule has 7 heteroatoms. The molecule has 4 aromatic rings. The number of nitrogens with two attached hydrogens (primary N) is 1. The molecule has 5 rings (SSSR count). The van der Waals surface area contributed by atoms with Gasteiger partial charge >= 0.3 is 5.97 Å². The number of nitriles is 1. The minimum absolute atomic E-state index is 0.0215. The number of nitrogens with zero attached hydrogens (tertiary/aromatic N) is 1. The van der Waals surface area contributed by atoms with Gasteiger partial charge in [-0.3, -0.25) is 0 Å². The maximum absolute atomic E-state index is 13.2. The molecule has 1 aliphatic heterocycles. The third-order valence-corrected chi connectivity index (χ3v) is 6.45. The van der Waals surface area contributed by atoms with Gasteiger partial charge in [0.1, 0.15) is 23.2 Å². The molecule has 2 N–H and O–H groups in total. The van der Waals surface area contributed by atoms with E-state index >= 15 is 0 Å². The number of rotatable bonds is 3. The van der Waals surface area contributed by atoms with Crippen molar-refractivity contribution in [3.63, 3.8) is 0 Å². The molecule has 0 unspecified atom stereocenters. The van der Waals surface area contributed by atoms with Gasteiger partial charge in [0.15, 0.2) is 5.75 Å². The summed E-state index contributed by atoms with van der Waals surface area (Å²) in [5.74, 6) is -0.715. The number of hydrogen-bond donors (Lipinski definition) is 1. The second kappa shape index (κ2) is 7.84. The number of esters is 1. The van der Waals surface area contributed by atoms with Crippen LogP contribution >= 0.6 is 11.3 Å². The number of fused-ring (bicyclic) bond motifs is 3. The van der Waals surface area contributed by atoms with Crippen molar-refractivity contribution in [2.45, 2.75) is 5.92 Å². The number of halogens is 1. The maximum Gasteiger partial charge on any atom is 0.343 e. The van der Waals surface area contributed by atoms with Gasteiger partial charge in [-0.1, -0.05) is 30.3 Å². The van der Waals surface area contributed by atoms with Crippen LogP contribution < -0.4 is 15.2 Å². The standard InChI is InChI=1S/C25H15FN2O3S/c26-15-11-9-14(10-12-15)25(29)30-19-7-3-1-5-16(19)21-18(13-27)24(28)31-22-17-6-2-4-8-20(17)32-23(21)22/h1-12,21H,28H2/t21-/m1/s1. The number of benzene rings is 3. The Kier molecular flexibility index (Phi) is 4.85. The van der Waals surface area contributed by atoms with Crippen molar-refractivity contribution in [1.82, 2.24) is 0 Å². The highest BCUT2D eigenvalue weighted by Crippen LogP contribution is 2.51. The number of carbonyl (C=O) groups excluding carboxylic acids is 1. The number of carbonyl (C=O) groups is 1. The summed E-state index contributed by atoms with van der Waals surface area (Å²) in [4.78, 5) is 13.5. The van der Waals surface area contributed by atoms with Gasteiger partial charge in [-0.05, 0) is 42.5 Å². The second-order valence-corrected chi connectivity index (χ2v) is 8.23. The summed E-state index contributed by atoms with van der Waals surface area (Å²) in [5, 5.41) is 10.8. The molecule has 0 radical (unpaired) electrons.